The molecule has 0 atom stereocenters. The van der Waals surface area contributed by atoms with Crippen molar-refractivity contribution in [2.24, 2.45) is 0 Å². The lowest BCUT2D eigenvalue weighted by Crippen LogP contribution is -2.49. The molecule has 2 heterocycles. The quantitative estimate of drug-likeness (QED) is 0.281. The molecule has 0 radical (unpaired) electrons. The summed E-state index contributed by atoms with van der Waals surface area (Å²) in [4.78, 5) is 4.52. The van der Waals surface area contributed by atoms with Crippen LogP contribution in [0.25, 0.3) is 0 Å². The molecule has 0 N–H and O–H groups in total. The first kappa shape index (κ1) is 24.4. The molecule has 2 aromatic carbocycles. The summed E-state index contributed by atoms with van der Waals surface area (Å²) in [6, 6.07) is 7.52. The molecule has 13 heteroatoms. The lowest BCUT2D eigenvalue weighted by Gasteiger charge is -2.33. The van der Waals surface area contributed by atoms with Crippen LogP contribution >= 0.6 is 11.3 Å². The predicted octanol–water partition coefficient (Wildman–Crippen LogP) is 3.95. The van der Waals surface area contributed by atoms with Crippen LogP contribution in [0.15, 0.2) is 34.5 Å². The fraction of sp³-hybridized carbons (Fsp3) is 0.286. The number of ether oxygens (including phenoxy) is 1. The van der Waals surface area contributed by atoms with E-state index >= 15 is 0 Å². The van der Waals surface area contributed by atoms with Crippen LogP contribution < -0.4 is 9.64 Å². The number of sulfonamides is 1. The molecule has 6 nitrogen and oxygen atoms in total. The molecule has 1 fully saturated rings. The molecule has 4 rings (SSSR count). The van der Waals surface area contributed by atoms with Crippen molar-refractivity contribution in [3.63, 3.8) is 0 Å². The van der Waals surface area contributed by atoms with E-state index in [0.29, 0.717) is 15.9 Å². The van der Waals surface area contributed by atoms with Crippen LogP contribution in [-0.2, 0) is 16.4 Å². The fourth-order valence-corrected chi connectivity index (χ4v) is 5.99. The van der Waals surface area contributed by atoms with Crippen LogP contribution in [0, 0.1) is 29.1 Å². The van der Waals surface area contributed by atoms with Gasteiger partial charge in [-0.3, -0.25) is 0 Å². The highest BCUT2D eigenvalue weighted by Crippen LogP contribution is 2.30. The van der Waals surface area contributed by atoms with Gasteiger partial charge in [0.05, 0.1) is 12.8 Å². The number of piperazine rings is 1. The highest BCUT2D eigenvalue weighted by molar-refractivity contribution is 7.89. The van der Waals surface area contributed by atoms with Gasteiger partial charge in [-0.15, -0.1) is 11.3 Å². The molecule has 182 valence electrons. The van der Waals surface area contributed by atoms with Gasteiger partial charge in [-0.1, -0.05) is 12.1 Å². The summed E-state index contributed by atoms with van der Waals surface area (Å²) in [6.45, 7) is -0.180. The number of halogens is 5. The minimum absolute atomic E-state index is 0.126. The Bertz CT molecular complexity index is 1300. The Morgan fingerprint density at radius 3 is 2.21 bits per heavy atom. The largest absolute Gasteiger partial charge is 0.497 e. The molecule has 3 aromatic rings. The van der Waals surface area contributed by atoms with Crippen LogP contribution in [0.1, 0.15) is 11.3 Å². The Kier molecular flexibility index (Phi) is 6.78. The molecular formula is C21H18F5N3O3S2. The maximum Gasteiger partial charge on any atom is 0.249 e. The van der Waals surface area contributed by atoms with Gasteiger partial charge in [0.2, 0.25) is 15.8 Å². The van der Waals surface area contributed by atoms with Gasteiger partial charge in [0.15, 0.2) is 33.3 Å². The van der Waals surface area contributed by atoms with Gasteiger partial charge in [0.25, 0.3) is 0 Å². The minimum Gasteiger partial charge on any atom is -0.497 e. The van der Waals surface area contributed by atoms with Crippen LogP contribution in [0.2, 0.25) is 0 Å². The van der Waals surface area contributed by atoms with Gasteiger partial charge in [0.1, 0.15) is 5.75 Å². The van der Waals surface area contributed by atoms with E-state index in [9.17, 15) is 30.4 Å². The maximum absolute atomic E-state index is 14.1. The predicted molar refractivity (Wildman–Crippen MR) is 115 cm³/mol. The number of anilines is 1. The zero-order valence-electron chi connectivity index (χ0n) is 17.7. The molecule has 34 heavy (non-hydrogen) atoms. The lowest BCUT2D eigenvalue weighted by atomic mass is 10.1. The molecule has 1 saturated heterocycles. The molecule has 1 aliphatic heterocycles. The first-order valence-electron chi connectivity index (χ1n) is 9.97. The monoisotopic (exact) mass is 519 g/mol. The third kappa shape index (κ3) is 4.46. The zero-order chi connectivity index (χ0) is 24.6. The number of benzene rings is 2. The second-order valence-electron chi connectivity index (χ2n) is 7.44. The van der Waals surface area contributed by atoms with E-state index in [1.807, 2.05) is 29.6 Å². The van der Waals surface area contributed by atoms with E-state index in [-0.39, 0.29) is 26.2 Å². The van der Waals surface area contributed by atoms with E-state index in [1.54, 1.807) is 12.0 Å². The van der Waals surface area contributed by atoms with Gasteiger partial charge in [-0.2, -0.15) is 4.31 Å². The third-order valence-electron chi connectivity index (χ3n) is 5.34. The van der Waals surface area contributed by atoms with Crippen molar-refractivity contribution in [1.82, 2.24) is 9.29 Å². The summed E-state index contributed by atoms with van der Waals surface area (Å²) in [5.41, 5.74) is 1.79. The van der Waals surface area contributed by atoms with Crippen molar-refractivity contribution < 1.29 is 35.1 Å². The topological polar surface area (TPSA) is 62.7 Å². The van der Waals surface area contributed by atoms with E-state index in [4.69, 9.17) is 4.74 Å². The minimum atomic E-state index is -4.95. The van der Waals surface area contributed by atoms with Crippen molar-refractivity contribution in [3.05, 3.63) is 70.0 Å². The van der Waals surface area contributed by atoms with E-state index in [0.717, 1.165) is 17.0 Å². The summed E-state index contributed by atoms with van der Waals surface area (Å²) in [6.07, 6.45) is 0.558. The van der Waals surface area contributed by atoms with Crippen molar-refractivity contribution >= 4 is 26.5 Å². The normalized spacial score (nSPS) is 15.1. The molecule has 0 aliphatic carbocycles. The number of rotatable bonds is 6. The van der Waals surface area contributed by atoms with E-state index in [2.05, 4.69) is 4.98 Å². The molecule has 0 bridgehead atoms. The van der Waals surface area contributed by atoms with Crippen LogP contribution in [0.4, 0.5) is 27.1 Å². The number of methoxy groups -OCH3 is 1. The van der Waals surface area contributed by atoms with E-state index < -0.39 is 44.0 Å². The first-order valence-corrected chi connectivity index (χ1v) is 12.3. The summed E-state index contributed by atoms with van der Waals surface area (Å²) in [7, 11) is -3.38. The standard InChI is InChI=1S/C21H18F5N3O3S2/c1-32-14-4-2-3-12(10-14)9-13-11-33-21(27-13)28-5-7-29(8-6-28)34(30,31)20-18(25)16(23)15(22)17(24)19(20)26/h2-4,10-11H,5-9H2,1H3. The molecule has 1 aliphatic rings. The Hall–Kier alpha value is -2.77. The van der Waals surface area contributed by atoms with Gasteiger partial charge in [-0.05, 0) is 17.7 Å². The maximum atomic E-state index is 14.1. The van der Waals surface area contributed by atoms with Gasteiger partial charge >= 0.3 is 0 Å². The van der Waals surface area contributed by atoms with Crippen LogP contribution in [0.3, 0.4) is 0 Å². The summed E-state index contributed by atoms with van der Waals surface area (Å²) >= 11 is 1.36. The number of nitrogens with zero attached hydrogens (tertiary/aromatic N) is 3. The number of aromatic nitrogens is 1. The van der Waals surface area contributed by atoms with Crippen molar-refractivity contribution in [2.45, 2.75) is 11.3 Å². The fourth-order valence-electron chi connectivity index (χ4n) is 3.57. The van der Waals surface area contributed by atoms with Gasteiger partial charge in [-0.25, -0.2) is 35.4 Å². The average molecular weight is 520 g/mol. The molecule has 1 aromatic heterocycles. The number of hydrogen-bond donors (Lipinski definition) is 0. The summed E-state index contributed by atoms with van der Waals surface area (Å²) < 4.78 is 99.8. The van der Waals surface area contributed by atoms with Crippen molar-refractivity contribution in [1.29, 1.82) is 0 Å². The molecule has 0 spiro atoms. The van der Waals surface area contributed by atoms with Crippen molar-refractivity contribution in [3.8, 4) is 5.75 Å². The second kappa shape index (κ2) is 9.47. The molecular weight excluding hydrogens is 501 g/mol. The van der Waals surface area contributed by atoms with Gasteiger partial charge < -0.3 is 9.64 Å². The Labute approximate surface area is 196 Å². The zero-order valence-corrected chi connectivity index (χ0v) is 19.3. The van der Waals surface area contributed by atoms with Crippen molar-refractivity contribution in [2.75, 3.05) is 38.2 Å². The molecule has 0 saturated carbocycles. The Morgan fingerprint density at radius 1 is 0.971 bits per heavy atom. The highest BCUT2D eigenvalue weighted by Gasteiger charge is 2.38. The smallest absolute Gasteiger partial charge is 0.249 e. The lowest BCUT2D eigenvalue weighted by molar-refractivity contribution is 0.344. The van der Waals surface area contributed by atoms with Crippen LogP contribution in [0.5, 0.6) is 5.75 Å². The summed E-state index contributed by atoms with van der Waals surface area (Å²) in [5, 5.41) is 2.50. The van der Waals surface area contributed by atoms with Crippen LogP contribution in [-0.4, -0.2) is 51.0 Å². The van der Waals surface area contributed by atoms with Gasteiger partial charge in [0, 0.05) is 38.0 Å². The molecule has 0 amide bonds. The second-order valence-corrected chi connectivity index (χ2v) is 10.2. The summed E-state index contributed by atoms with van der Waals surface area (Å²) in [5.74, 6) is -11.0. The van der Waals surface area contributed by atoms with E-state index in [1.165, 1.54) is 11.3 Å². The Balaban J connectivity index is 1.47. The molecule has 0 unspecified atom stereocenters. The number of thiazole rings is 1. The SMILES string of the molecule is COc1cccc(Cc2csc(N3CCN(S(=O)(=O)c4c(F)c(F)c(F)c(F)c4F)CC3)n2)c1. The number of hydrogen-bond acceptors (Lipinski definition) is 6. The highest BCUT2D eigenvalue weighted by atomic mass is 32.2. The average Bonchev–Trinajstić information content (AvgIpc) is 3.30. The first-order chi connectivity index (χ1) is 16.1. The third-order valence-corrected chi connectivity index (χ3v) is 8.21. The Morgan fingerprint density at radius 2 is 1.59 bits per heavy atom.